The fourth-order valence-electron chi connectivity index (χ4n) is 1.96. The van der Waals surface area contributed by atoms with Crippen molar-refractivity contribution in [3.63, 3.8) is 0 Å². The number of H-pyrrole nitrogens is 1. The molecule has 1 aromatic carbocycles. The predicted molar refractivity (Wildman–Crippen MR) is 64.1 cm³/mol. The molecule has 3 rings (SSSR count). The van der Waals surface area contributed by atoms with E-state index in [0.29, 0.717) is 17.1 Å². The van der Waals surface area contributed by atoms with E-state index in [1.54, 1.807) is 6.07 Å². The summed E-state index contributed by atoms with van der Waals surface area (Å²) >= 11 is 0. The molecule has 0 aliphatic heterocycles. The minimum Gasteiger partial charge on any atom is -0.340 e. The molecule has 1 saturated carbocycles. The van der Waals surface area contributed by atoms with E-state index in [1.165, 1.54) is 12.3 Å². The molecule has 1 aliphatic carbocycles. The third-order valence-electron chi connectivity index (χ3n) is 3.34. The summed E-state index contributed by atoms with van der Waals surface area (Å²) in [5.41, 5.74) is 5.91. The predicted octanol–water partition coefficient (Wildman–Crippen LogP) is 3.04. The average molecular weight is 267 g/mol. The summed E-state index contributed by atoms with van der Waals surface area (Å²) in [7, 11) is 0. The molecule has 1 heterocycles. The van der Waals surface area contributed by atoms with Gasteiger partial charge in [0, 0.05) is 5.56 Å². The van der Waals surface area contributed by atoms with Gasteiger partial charge in [-0.15, -0.1) is 0 Å². The number of nitrogens with one attached hydrogen (secondary N) is 1. The van der Waals surface area contributed by atoms with Crippen molar-refractivity contribution in [2.45, 2.75) is 24.6 Å². The van der Waals surface area contributed by atoms with Gasteiger partial charge in [-0.1, -0.05) is 12.1 Å². The fourth-order valence-corrected chi connectivity index (χ4v) is 1.96. The lowest BCUT2D eigenvalue weighted by molar-refractivity contribution is -0.137. The molecular weight excluding hydrogens is 255 g/mol. The Balaban J connectivity index is 1.96. The summed E-state index contributed by atoms with van der Waals surface area (Å²) in [5, 5.41) is 0. The van der Waals surface area contributed by atoms with Gasteiger partial charge in [-0.25, -0.2) is 4.98 Å². The zero-order valence-corrected chi connectivity index (χ0v) is 9.96. The molecule has 1 aromatic heterocycles. The first-order chi connectivity index (χ1) is 8.88. The number of hydrogen-bond acceptors (Lipinski definition) is 2. The van der Waals surface area contributed by atoms with Crippen LogP contribution in [0.2, 0.25) is 0 Å². The number of aromatic amines is 1. The van der Waals surface area contributed by atoms with Gasteiger partial charge < -0.3 is 10.7 Å². The fraction of sp³-hybridized carbons (Fsp3) is 0.308. The molecule has 0 radical (unpaired) electrons. The SMILES string of the molecule is NC1(c2ncc(-c3cccc(C(F)(F)F)c3)[nH]2)CC1. The topological polar surface area (TPSA) is 54.7 Å². The summed E-state index contributed by atoms with van der Waals surface area (Å²) < 4.78 is 37.9. The number of imidazole rings is 1. The second-order valence-corrected chi connectivity index (χ2v) is 4.88. The number of halogens is 3. The minimum absolute atomic E-state index is 0.417. The van der Waals surface area contributed by atoms with E-state index in [-0.39, 0.29) is 0 Å². The number of rotatable bonds is 2. The number of nitrogens with two attached hydrogens (primary N) is 1. The van der Waals surface area contributed by atoms with E-state index >= 15 is 0 Å². The Bertz CT molecular complexity index is 612. The highest BCUT2D eigenvalue weighted by atomic mass is 19.4. The zero-order valence-electron chi connectivity index (χ0n) is 9.96. The molecule has 1 aliphatic rings. The van der Waals surface area contributed by atoms with Crippen LogP contribution < -0.4 is 5.73 Å². The summed E-state index contributed by atoms with van der Waals surface area (Å²) in [4.78, 5) is 7.16. The van der Waals surface area contributed by atoms with Crippen LogP contribution in [-0.4, -0.2) is 9.97 Å². The first-order valence-corrected chi connectivity index (χ1v) is 5.90. The van der Waals surface area contributed by atoms with Crippen LogP contribution in [0.5, 0.6) is 0 Å². The largest absolute Gasteiger partial charge is 0.416 e. The van der Waals surface area contributed by atoms with Gasteiger partial charge in [-0.3, -0.25) is 0 Å². The third-order valence-corrected chi connectivity index (χ3v) is 3.34. The van der Waals surface area contributed by atoms with E-state index in [2.05, 4.69) is 9.97 Å². The van der Waals surface area contributed by atoms with Gasteiger partial charge in [0.25, 0.3) is 0 Å². The van der Waals surface area contributed by atoms with Crippen LogP contribution in [0.3, 0.4) is 0 Å². The number of nitrogens with zero attached hydrogens (tertiary/aromatic N) is 1. The molecule has 0 bridgehead atoms. The Morgan fingerprint density at radius 1 is 1.26 bits per heavy atom. The van der Waals surface area contributed by atoms with Crippen molar-refractivity contribution in [3.05, 3.63) is 41.9 Å². The molecule has 3 nitrogen and oxygen atoms in total. The van der Waals surface area contributed by atoms with Crippen molar-refractivity contribution < 1.29 is 13.2 Å². The van der Waals surface area contributed by atoms with Crippen LogP contribution in [0.15, 0.2) is 30.5 Å². The van der Waals surface area contributed by atoms with Crippen molar-refractivity contribution >= 4 is 0 Å². The van der Waals surface area contributed by atoms with Gasteiger partial charge in [0.15, 0.2) is 0 Å². The molecule has 0 amide bonds. The van der Waals surface area contributed by atoms with Crippen LogP contribution in [-0.2, 0) is 11.7 Å². The highest BCUT2D eigenvalue weighted by Gasteiger charge is 2.42. The Morgan fingerprint density at radius 3 is 2.63 bits per heavy atom. The normalized spacial score (nSPS) is 17.5. The quantitative estimate of drug-likeness (QED) is 0.878. The third kappa shape index (κ3) is 2.23. The summed E-state index contributed by atoms with van der Waals surface area (Å²) in [6.45, 7) is 0. The minimum atomic E-state index is -4.34. The number of benzene rings is 1. The Morgan fingerprint density at radius 2 is 2.00 bits per heavy atom. The van der Waals surface area contributed by atoms with Crippen LogP contribution in [0.1, 0.15) is 24.2 Å². The van der Waals surface area contributed by atoms with Crippen molar-refractivity contribution in [3.8, 4) is 11.3 Å². The number of hydrogen-bond donors (Lipinski definition) is 2. The Hall–Kier alpha value is -1.82. The maximum atomic E-state index is 12.6. The molecule has 0 atom stereocenters. The molecule has 1 fully saturated rings. The van der Waals surface area contributed by atoms with Gasteiger partial charge in [-0.2, -0.15) is 13.2 Å². The highest BCUT2D eigenvalue weighted by molar-refractivity contribution is 5.60. The molecule has 100 valence electrons. The number of aromatic nitrogens is 2. The maximum absolute atomic E-state index is 12.6. The van der Waals surface area contributed by atoms with E-state index < -0.39 is 17.3 Å². The van der Waals surface area contributed by atoms with Crippen molar-refractivity contribution in [1.82, 2.24) is 9.97 Å². The second kappa shape index (κ2) is 3.84. The van der Waals surface area contributed by atoms with E-state index in [9.17, 15) is 13.2 Å². The molecule has 0 spiro atoms. The van der Waals surface area contributed by atoms with Gasteiger partial charge in [-0.05, 0) is 25.0 Å². The summed E-state index contributed by atoms with van der Waals surface area (Å²) in [6.07, 6.45) is -1.12. The molecule has 19 heavy (non-hydrogen) atoms. The molecule has 6 heteroatoms. The molecule has 3 N–H and O–H groups in total. The number of alkyl halides is 3. The lowest BCUT2D eigenvalue weighted by Gasteiger charge is -2.08. The van der Waals surface area contributed by atoms with Crippen LogP contribution in [0, 0.1) is 0 Å². The van der Waals surface area contributed by atoms with Crippen molar-refractivity contribution in [2.75, 3.05) is 0 Å². The van der Waals surface area contributed by atoms with Gasteiger partial charge >= 0.3 is 6.18 Å². The molecule has 0 unspecified atom stereocenters. The Kier molecular flexibility index (Phi) is 2.47. The van der Waals surface area contributed by atoms with E-state index in [4.69, 9.17) is 5.73 Å². The molecule has 2 aromatic rings. The lowest BCUT2D eigenvalue weighted by atomic mass is 10.1. The summed E-state index contributed by atoms with van der Waals surface area (Å²) in [6, 6.07) is 5.15. The van der Waals surface area contributed by atoms with Crippen LogP contribution >= 0.6 is 0 Å². The lowest BCUT2D eigenvalue weighted by Crippen LogP contribution is -2.20. The first kappa shape index (κ1) is 12.2. The standard InChI is InChI=1S/C13H12F3N3/c14-13(15,16)9-3-1-2-8(6-9)10-7-18-11(19-10)12(17)4-5-12/h1-3,6-7H,4-5,17H2,(H,18,19). The van der Waals surface area contributed by atoms with Crippen LogP contribution in [0.25, 0.3) is 11.3 Å². The molecule has 0 saturated heterocycles. The monoisotopic (exact) mass is 267 g/mol. The first-order valence-electron chi connectivity index (χ1n) is 5.90. The maximum Gasteiger partial charge on any atom is 0.416 e. The Labute approximate surface area is 107 Å². The van der Waals surface area contributed by atoms with Gasteiger partial charge in [0.05, 0.1) is 23.0 Å². The summed E-state index contributed by atoms with van der Waals surface area (Å²) in [5.74, 6) is 0.639. The van der Waals surface area contributed by atoms with Crippen LogP contribution in [0.4, 0.5) is 13.2 Å². The van der Waals surface area contributed by atoms with E-state index in [0.717, 1.165) is 25.0 Å². The smallest absolute Gasteiger partial charge is 0.340 e. The zero-order chi connectivity index (χ0) is 13.7. The second-order valence-electron chi connectivity index (χ2n) is 4.88. The highest BCUT2D eigenvalue weighted by Crippen LogP contribution is 2.41. The van der Waals surface area contributed by atoms with Crippen molar-refractivity contribution in [1.29, 1.82) is 0 Å². The molecular formula is C13H12F3N3. The van der Waals surface area contributed by atoms with Gasteiger partial charge in [0.2, 0.25) is 0 Å². The average Bonchev–Trinajstić information content (AvgIpc) is 2.93. The van der Waals surface area contributed by atoms with Gasteiger partial charge in [0.1, 0.15) is 5.82 Å². The van der Waals surface area contributed by atoms with Crippen molar-refractivity contribution in [2.24, 2.45) is 5.73 Å². The van der Waals surface area contributed by atoms with E-state index in [1.807, 2.05) is 0 Å².